The van der Waals surface area contributed by atoms with Crippen LogP contribution in [0.1, 0.15) is 20.8 Å². The molecule has 1 aliphatic heterocycles. The van der Waals surface area contributed by atoms with Crippen LogP contribution in [0.2, 0.25) is 0 Å². The van der Waals surface area contributed by atoms with E-state index in [0.717, 1.165) is 6.54 Å². The third-order valence-electron chi connectivity index (χ3n) is 1.62. The van der Waals surface area contributed by atoms with E-state index in [-0.39, 0.29) is 0 Å². The Balaban J connectivity index is 2.47. The van der Waals surface area contributed by atoms with Crippen LogP contribution in [0.5, 0.6) is 0 Å². The van der Waals surface area contributed by atoms with Gasteiger partial charge in [-0.25, -0.2) is 0 Å². The Bertz CT molecular complexity index is 131. The Morgan fingerprint density at radius 3 is 2.70 bits per heavy atom. The molecule has 10 heavy (non-hydrogen) atoms. The normalized spacial score (nSPS) is 24.8. The molecular formula is C8H14NS. The van der Waals surface area contributed by atoms with Crippen molar-refractivity contribution >= 4 is 11.8 Å². The summed E-state index contributed by atoms with van der Waals surface area (Å²) in [5.74, 6) is 1.48. The predicted octanol–water partition coefficient (Wildman–Crippen LogP) is 2.47. The van der Waals surface area contributed by atoms with Gasteiger partial charge in [0.2, 0.25) is 0 Å². The minimum Gasteiger partial charge on any atom is -0.364 e. The Kier molecular flexibility index (Phi) is 2.66. The maximum Gasteiger partial charge on any atom is 0.0842 e. The number of hydrogen-bond donors (Lipinski definition) is 0. The van der Waals surface area contributed by atoms with Gasteiger partial charge in [-0.3, -0.25) is 0 Å². The highest BCUT2D eigenvalue weighted by Crippen LogP contribution is 2.30. The second-order valence-corrected chi connectivity index (χ2v) is 3.67. The van der Waals surface area contributed by atoms with E-state index in [1.54, 1.807) is 0 Å². The second-order valence-electron chi connectivity index (χ2n) is 2.68. The van der Waals surface area contributed by atoms with Crippen LogP contribution in [0.25, 0.3) is 0 Å². The molecule has 1 unspecified atom stereocenters. The first-order chi connectivity index (χ1) is 4.75. The molecule has 0 aromatic carbocycles. The standard InChI is InChI=1S/C8H14NS/c1-4-9-5-6-10-8(9)7(2)3/h5-6,8H,4H2,1-3H3. The van der Waals surface area contributed by atoms with E-state index in [1.807, 2.05) is 11.8 Å². The largest absolute Gasteiger partial charge is 0.364 e. The summed E-state index contributed by atoms with van der Waals surface area (Å²) >= 11 is 1.89. The Hall–Kier alpha value is -0.110. The first-order valence-corrected chi connectivity index (χ1v) is 4.58. The van der Waals surface area contributed by atoms with Crippen LogP contribution in [0, 0.1) is 5.92 Å². The van der Waals surface area contributed by atoms with E-state index >= 15 is 0 Å². The van der Waals surface area contributed by atoms with Gasteiger partial charge in [0.25, 0.3) is 0 Å². The van der Waals surface area contributed by atoms with E-state index in [2.05, 4.69) is 37.3 Å². The summed E-state index contributed by atoms with van der Waals surface area (Å²) < 4.78 is 0. The first kappa shape index (κ1) is 7.99. The van der Waals surface area contributed by atoms with E-state index in [1.165, 1.54) is 5.92 Å². The summed E-state index contributed by atoms with van der Waals surface area (Å²) in [5, 5.41) is 2.77. The average Bonchev–Trinajstić information content (AvgIpc) is 2.33. The third kappa shape index (κ3) is 1.48. The maximum absolute atomic E-state index is 2.35. The van der Waals surface area contributed by atoms with Gasteiger partial charge in [0.15, 0.2) is 0 Å². The van der Waals surface area contributed by atoms with Crippen molar-refractivity contribution < 1.29 is 0 Å². The Morgan fingerprint density at radius 1 is 1.60 bits per heavy atom. The monoisotopic (exact) mass is 156 g/mol. The Morgan fingerprint density at radius 2 is 2.30 bits per heavy atom. The number of thioether (sulfide) groups is 1. The summed E-state index contributed by atoms with van der Waals surface area (Å²) in [7, 11) is 0. The lowest BCUT2D eigenvalue weighted by atomic mass is 10.2. The first-order valence-electron chi connectivity index (χ1n) is 3.63. The molecule has 0 N–H and O–H groups in total. The van der Waals surface area contributed by atoms with Crippen LogP contribution >= 0.6 is 11.8 Å². The summed E-state index contributed by atoms with van der Waals surface area (Å²) in [6, 6.07) is 0. The highest BCUT2D eigenvalue weighted by atomic mass is 32.2. The van der Waals surface area contributed by atoms with Crippen molar-refractivity contribution in [3.63, 3.8) is 0 Å². The topological polar surface area (TPSA) is 3.24 Å². The zero-order valence-corrected chi connectivity index (χ0v) is 7.61. The molecule has 1 aliphatic rings. The quantitative estimate of drug-likeness (QED) is 0.604. The van der Waals surface area contributed by atoms with Gasteiger partial charge >= 0.3 is 0 Å². The molecule has 0 saturated carbocycles. The number of hydrogen-bond acceptors (Lipinski definition) is 2. The second kappa shape index (κ2) is 3.33. The van der Waals surface area contributed by atoms with Crippen molar-refractivity contribution in [3.05, 3.63) is 17.5 Å². The molecule has 0 aliphatic carbocycles. The minimum absolute atomic E-state index is 0.602. The molecule has 1 heterocycles. The van der Waals surface area contributed by atoms with Crippen molar-refractivity contribution in [1.82, 2.24) is 4.90 Å². The van der Waals surface area contributed by atoms with Crippen LogP contribution in [-0.2, 0) is 0 Å². The van der Waals surface area contributed by atoms with E-state index in [9.17, 15) is 0 Å². The molecule has 0 aromatic heterocycles. The molecular weight excluding hydrogens is 142 g/mol. The molecule has 1 radical (unpaired) electrons. The highest BCUT2D eigenvalue weighted by molar-refractivity contribution is 8.03. The van der Waals surface area contributed by atoms with Gasteiger partial charge in [0.1, 0.15) is 0 Å². The van der Waals surface area contributed by atoms with Crippen molar-refractivity contribution in [2.75, 3.05) is 6.54 Å². The molecule has 1 nitrogen and oxygen atoms in total. The lowest BCUT2D eigenvalue weighted by molar-refractivity contribution is 0.389. The molecule has 0 bridgehead atoms. The van der Waals surface area contributed by atoms with E-state index < -0.39 is 0 Å². The smallest absolute Gasteiger partial charge is 0.0842 e. The van der Waals surface area contributed by atoms with Crippen LogP contribution in [0.15, 0.2) is 11.6 Å². The Labute approximate surface area is 67.5 Å². The van der Waals surface area contributed by atoms with Gasteiger partial charge in [-0.05, 0) is 12.3 Å². The lowest BCUT2D eigenvalue weighted by Crippen LogP contribution is -2.27. The van der Waals surface area contributed by atoms with Gasteiger partial charge in [0, 0.05) is 18.7 Å². The summed E-state index contributed by atoms with van der Waals surface area (Å²) in [4.78, 5) is 2.35. The molecule has 0 amide bonds. The van der Waals surface area contributed by atoms with Crippen molar-refractivity contribution in [1.29, 1.82) is 0 Å². The van der Waals surface area contributed by atoms with Gasteiger partial charge < -0.3 is 4.90 Å². The molecule has 2 heteroatoms. The van der Waals surface area contributed by atoms with E-state index in [4.69, 9.17) is 0 Å². The fourth-order valence-corrected chi connectivity index (χ4v) is 2.11. The zero-order valence-electron chi connectivity index (χ0n) is 6.79. The van der Waals surface area contributed by atoms with Crippen molar-refractivity contribution in [3.8, 4) is 0 Å². The molecule has 0 saturated heterocycles. The van der Waals surface area contributed by atoms with E-state index in [0.29, 0.717) is 5.37 Å². The minimum atomic E-state index is 0.602. The molecule has 1 atom stereocenters. The fourth-order valence-electron chi connectivity index (χ4n) is 1.08. The molecule has 1 rings (SSSR count). The van der Waals surface area contributed by atoms with Gasteiger partial charge in [-0.2, -0.15) is 0 Å². The number of rotatable bonds is 2. The molecule has 0 aromatic rings. The zero-order chi connectivity index (χ0) is 7.56. The molecule has 0 fully saturated rings. The summed E-state index contributed by atoms with van der Waals surface area (Å²) in [6.07, 6.45) is 2.17. The maximum atomic E-state index is 2.35. The summed E-state index contributed by atoms with van der Waals surface area (Å²) in [5.41, 5.74) is 0. The van der Waals surface area contributed by atoms with Gasteiger partial charge in [0.05, 0.1) is 5.37 Å². The predicted molar refractivity (Wildman–Crippen MR) is 47.5 cm³/mol. The highest BCUT2D eigenvalue weighted by Gasteiger charge is 2.21. The summed E-state index contributed by atoms with van der Waals surface area (Å²) in [6.45, 7) is 7.67. The SMILES string of the molecule is CCN1C=CSC1[C](C)C. The average molecular weight is 156 g/mol. The number of nitrogens with zero attached hydrogens (tertiary/aromatic N) is 1. The van der Waals surface area contributed by atoms with Crippen LogP contribution in [0.3, 0.4) is 0 Å². The third-order valence-corrected chi connectivity index (χ3v) is 2.90. The molecule has 0 spiro atoms. The lowest BCUT2D eigenvalue weighted by Gasteiger charge is -2.25. The van der Waals surface area contributed by atoms with Crippen LogP contribution in [0.4, 0.5) is 0 Å². The van der Waals surface area contributed by atoms with Crippen LogP contribution in [-0.4, -0.2) is 16.8 Å². The van der Waals surface area contributed by atoms with Crippen LogP contribution < -0.4 is 0 Å². The van der Waals surface area contributed by atoms with Crippen molar-refractivity contribution in [2.24, 2.45) is 0 Å². The van der Waals surface area contributed by atoms with Gasteiger partial charge in [-0.1, -0.05) is 13.8 Å². The van der Waals surface area contributed by atoms with Crippen molar-refractivity contribution in [2.45, 2.75) is 26.1 Å². The molecule has 57 valence electrons. The van der Waals surface area contributed by atoms with Gasteiger partial charge in [-0.15, -0.1) is 11.8 Å². The fraction of sp³-hybridized carbons (Fsp3) is 0.625.